The molecule has 2 amide bonds. The molecule has 0 saturated carbocycles. The van der Waals surface area contributed by atoms with E-state index in [0.29, 0.717) is 27.6 Å². The van der Waals surface area contributed by atoms with E-state index in [9.17, 15) is 14.0 Å². The van der Waals surface area contributed by atoms with Crippen LogP contribution in [0.3, 0.4) is 0 Å². The zero-order valence-electron chi connectivity index (χ0n) is 17.2. The molecule has 2 heterocycles. The summed E-state index contributed by atoms with van der Waals surface area (Å²) in [6.45, 7) is 6.33. The zero-order valence-corrected chi connectivity index (χ0v) is 19.6. The van der Waals surface area contributed by atoms with Gasteiger partial charge in [0.2, 0.25) is 0 Å². The lowest BCUT2D eigenvalue weighted by Gasteiger charge is -2.35. The number of amides is 2. The molecule has 162 valence electrons. The first-order valence-corrected chi connectivity index (χ1v) is 11.4. The van der Waals surface area contributed by atoms with E-state index >= 15 is 0 Å². The number of carbonyl (C=O) groups is 2. The molecule has 1 N–H and O–H groups in total. The van der Waals surface area contributed by atoms with Gasteiger partial charge in [-0.3, -0.25) is 4.79 Å². The van der Waals surface area contributed by atoms with Crippen molar-refractivity contribution >= 4 is 39.3 Å². The second-order valence-corrected chi connectivity index (χ2v) is 10.5. The number of likely N-dealkylation sites (tertiary alicyclic amines) is 1. The Kier molecular flexibility index (Phi) is 7.13. The summed E-state index contributed by atoms with van der Waals surface area (Å²) >= 11 is 4.71. The standard InChI is InChI=1S/C21H25BrFN3O3S/c1-21(2,3)29-20(28)24-12-15-6-4-5-11-26(15)18(27)16-17(30-19(22)25-16)13-7-9-14(23)10-8-13/h7-10,15H,4-6,11-12H2,1-3H3,(H,24,28)/t15-/m0/s1. The summed E-state index contributed by atoms with van der Waals surface area (Å²) in [6.07, 6.45) is 2.17. The molecule has 3 rings (SSSR count). The molecule has 6 nitrogen and oxygen atoms in total. The number of benzene rings is 1. The Balaban J connectivity index is 1.77. The first-order valence-electron chi connectivity index (χ1n) is 9.84. The first kappa shape index (κ1) is 22.7. The average Bonchev–Trinajstić information content (AvgIpc) is 3.07. The highest BCUT2D eigenvalue weighted by Gasteiger charge is 2.31. The summed E-state index contributed by atoms with van der Waals surface area (Å²) in [6, 6.07) is 5.88. The van der Waals surface area contributed by atoms with Crippen molar-refractivity contribution in [2.75, 3.05) is 13.1 Å². The predicted octanol–water partition coefficient (Wildman–Crippen LogP) is 5.23. The molecule has 0 spiro atoms. The molecule has 1 fully saturated rings. The third kappa shape index (κ3) is 5.78. The van der Waals surface area contributed by atoms with Crippen LogP contribution in [-0.2, 0) is 4.74 Å². The van der Waals surface area contributed by atoms with E-state index in [1.54, 1.807) is 37.8 Å². The van der Waals surface area contributed by atoms with Crippen LogP contribution in [0.1, 0.15) is 50.5 Å². The van der Waals surface area contributed by atoms with Crippen LogP contribution in [-0.4, -0.2) is 46.6 Å². The largest absolute Gasteiger partial charge is 0.444 e. The molecule has 1 aromatic carbocycles. The number of carbonyl (C=O) groups excluding carboxylic acids is 2. The number of hydrogen-bond acceptors (Lipinski definition) is 5. The van der Waals surface area contributed by atoms with Gasteiger partial charge in [0.05, 0.1) is 4.88 Å². The van der Waals surface area contributed by atoms with Gasteiger partial charge in [-0.05, 0) is 73.7 Å². The number of alkyl carbamates (subject to hydrolysis) is 1. The Morgan fingerprint density at radius 1 is 1.30 bits per heavy atom. The fourth-order valence-corrected chi connectivity index (χ4v) is 4.82. The maximum Gasteiger partial charge on any atom is 0.407 e. The van der Waals surface area contributed by atoms with Crippen molar-refractivity contribution in [3.63, 3.8) is 0 Å². The van der Waals surface area contributed by atoms with Crippen LogP contribution in [0.2, 0.25) is 0 Å². The van der Waals surface area contributed by atoms with Crippen molar-refractivity contribution < 1.29 is 18.7 Å². The van der Waals surface area contributed by atoms with Crippen molar-refractivity contribution in [3.05, 3.63) is 39.7 Å². The van der Waals surface area contributed by atoms with E-state index < -0.39 is 11.7 Å². The molecule has 1 atom stereocenters. The highest BCUT2D eigenvalue weighted by atomic mass is 79.9. The van der Waals surface area contributed by atoms with E-state index in [1.807, 2.05) is 0 Å². The lowest BCUT2D eigenvalue weighted by Crippen LogP contribution is -2.50. The third-order valence-corrected chi connectivity index (χ3v) is 6.23. The SMILES string of the molecule is CC(C)(C)OC(=O)NC[C@@H]1CCCCN1C(=O)c1nc(Br)sc1-c1ccc(F)cc1. The van der Waals surface area contributed by atoms with E-state index in [-0.39, 0.29) is 17.8 Å². The summed E-state index contributed by atoms with van der Waals surface area (Å²) in [4.78, 5) is 32.3. The second kappa shape index (κ2) is 9.43. The number of thiazole rings is 1. The Hall–Kier alpha value is -2.00. The van der Waals surface area contributed by atoms with Crippen LogP contribution in [0.4, 0.5) is 9.18 Å². The molecule has 1 saturated heterocycles. The summed E-state index contributed by atoms with van der Waals surface area (Å²) in [5, 5.41) is 2.78. The number of nitrogens with zero attached hydrogens (tertiary/aromatic N) is 2. The molecular formula is C21H25BrFN3O3S. The molecule has 1 aromatic heterocycles. The Bertz CT molecular complexity index is 911. The van der Waals surface area contributed by atoms with Gasteiger partial charge in [-0.1, -0.05) is 12.1 Å². The number of rotatable bonds is 4. The molecular weight excluding hydrogens is 473 g/mol. The smallest absolute Gasteiger partial charge is 0.407 e. The van der Waals surface area contributed by atoms with Crippen molar-refractivity contribution in [2.45, 2.75) is 51.7 Å². The highest BCUT2D eigenvalue weighted by molar-refractivity contribution is 9.11. The molecule has 30 heavy (non-hydrogen) atoms. The summed E-state index contributed by atoms with van der Waals surface area (Å²) in [7, 11) is 0. The molecule has 9 heteroatoms. The van der Waals surface area contributed by atoms with Crippen LogP contribution < -0.4 is 5.32 Å². The van der Waals surface area contributed by atoms with Crippen molar-refractivity contribution in [1.82, 2.24) is 15.2 Å². The Morgan fingerprint density at radius 2 is 2.00 bits per heavy atom. The number of piperidine rings is 1. The van der Waals surface area contributed by atoms with Gasteiger partial charge in [0.1, 0.15) is 17.1 Å². The molecule has 1 aliphatic rings. The van der Waals surface area contributed by atoms with Gasteiger partial charge >= 0.3 is 6.09 Å². The van der Waals surface area contributed by atoms with Gasteiger partial charge in [-0.2, -0.15) is 0 Å². The Labute approximate surface area is 188 Å². The van der Waals surface area contributed by atoms with Gasteiger partial charge in [-0.15, -0.1) is 11.3 Å². The lowest BCUT2D eigenvalue weighted by molar-refractivity contribution is 0.0461. The van der Waals surface area contributed by atoms with Crippen LogP contribution in [0.25, 0.3) is 10.4 Å². The van der Waals surface area contributed by atoms with Crippen LogP contribution in [0.5, 0.6) is 0 Å². The number of halogens is 2. The molecule has 0 aliphatic carbocycles. The number of aromatic nitrogens is 1. The highest BCUT2D eigenvalue weighted by Crippen LogP contribution is 2.34. The fraction of sp³-hybridized carbons (Fsp3) is 0.476. The Morgan fingerprint density at radius 3 is 2.67 bits per heavy atom. The van der Waals surface area contributed by atoms with E-state index in [2.05, 4.69) is 26.2 Å². The van der Waals surface area contributed by atoms with Crippen LogP contribution in [0.15, 0.2) is 28.2 Å². The number of hydrogen-bond donors (Lipinski definition) is 1. The molecule has 1 aliphatic heterocycles. The summed E-state index contributed by atoms with van der Waals surface area (Å²) in [5.41, 5.74) is 0.495. The second-order valence-electron chi connectivity index (χ2n) is 8.18. The van der Waals surface area contributed by atoms with Gasteiger partial charge in [0.25, 0.3) is 5.91 Å². The van der Waals surface area contributed by atoms with Gasteiger partial charge in [-0.25, -0.2) is 14.2 Å². The molecule has 0 unspecified atom stereocenters. The maximum absolute atomic E-state index is 13.4. The predicted molar refractivity (Wildman–Crippen MR) is 118 cm³/mol. The molecule has 0 radical (unpaired) electrons. The number of nitrogens with one attached hydrogen (secondary N) is 1. The topological polar surface area (TPSA) is 71.5 Å². The van der Waals surface area contributed by atoms with Gasteiger partial charge in [0.15, 0.2) is 3.92 Å². The average molecular weight is 498 g/mol. The van der Waals surface area contributed by atoms with Gasteiger partial charge < -0.3 is 15.0 Å². The van der Waals surface area contributed by atoms with Crippen LogP contribution in [0, 0.1) is 5.82 Å². The molecule has 0 bridgehead atoms. The minimum atomic E-state index is -0.580. The third-order valence-electron chi connectivity index (χ3n) is 4.68. The summed E-state index contributed by atoms with van der Waals surface area (Å²) in [5.74, 6) is -0.522. The van der Waals surface area contributed by atoms with E-state index in [4.69, 9.17) is 4.74 Å². The van der Waals surface area contributed by atoms with Gasteiger partial charge in [0, 0.05) is 19.1 Å². The van der Waals surface area contributed by atoms with Crippen molar-refractivity contribution in [2.24, 2.45) is 0 Å². The molecule has 2 aromatic rings. The first-order chi connectivity index (χ1) is 14.1. The van der Waals surface area contributed by atoms with Crippen LogP contribution >= 0.6 is 27.3 Å². The maximum atomic E-state index is 13.4. The zero-order chi connectivity index (χ0) is 21.9. The monoisotopic (exact) mass is 497 g/mol. The normalized spacial score (nSPS) is 17.0. The van der Waals surface area contributed by atoms with E-state index in [0.717, 1.165) is 24.8 Å². The minimum absolute atomic E-state index is 0.139. The fourth-order valence-electron chi connectivity index (χ4n) is 3.37. The van der Waals surface area contributed by atoms with Crippen molar-refractivity contribution in [1.29, 1.82) is 0 Å². The minimum Gasteiger partial charge on any atom is -0.444 e. The summed E-state index contributed by atoms with van der Waals surface area (Å²) < 4.78 is 19.2. The quantitative estimate of drug-likeness (QED) is 0.627. The van der Waals surface area contributed by atoms with E-state index in [1.165, 1.54) is 23.5 Å². The number of ether oxygens (including phenoxy) is 1. The van der Waals surface area contributed by atoms with Crippen molar-refractivity contribution in [3.8, 4) is 10.4 Å². The lowest BCUT2D eigenvalue weighted by atomic mass is 10.0.